The maximum atomic E-state index is 12.2. The summed E-state index contributed by atoms with van der Waals surface area (Å²) in [6.45, 7) is 2.34. The summed E-state index contributed by atoms with van der Waals surface area (Å²) in [6.07, 6.45) is 1.70. The van der Waals surface area contributed by atoms with Crippen molar-refractivity contribution >= 4 is 29.5 Å². The fourth-order valence-corrected chi connectivity index (χ4v) is 3.12. The molecule has 0 amide bonds. The number of benzene rings is 3. The molecule has 3 aromatic carbocycles. The number of aryl methyl sites for hydroxylation is 1. The summed E-state index contributed by atoms with van der Waals surface area (Å²) in [6, 6.07) is 22.6. The minimum absolute atomic E-state index is 0.271. The zero-order chi connectivity index (χ0) is 20.2. The lowest BCUT2D eigenvalue weighted by Gasteiger charge is -2.07. The van der Waals surface area contributed by atoms with Crippen LogP contribution in [0.5, 0.6) is 5.75 Å². The van der Waals surface area contributed by atoms with E-state index in [1.165, 1.54) is 0 Å². The minimum atomic E-state index is -0.456. The van der Waals surface area contributed by atoms with Crippen LogP contribution in [0.3, 0.4) is 0 Å². The number of esters is 1. The maximum Gasteiger partial charge on any atom is 0.363 e. The molecule has 0 spiro atoms. The van der Waals surface area contributed by atoms with Gasteiger partial charge in [0.2, 0.25) is 5.90 Å². The second-order valence-electron chi connectivity index (χ2n) is 6.60. The van der Waals surface area contributed by atoms with E-state index in [0.29, 0.717) is 23.3 Å². The lowest BCUT2D eigenvalue weighted by atomic mass is 10.1. The average Bonchev–Trinajstić information content (AvgIpc) is 3.09. The lowest BCUT2D eigenvalue weighted by molar-refractivity contribution is -0.129. The van der Waals surface area contributed by atoms with E-state index in [9.17, 15) is 4.79 Å². The summed E-state index contributed by atoms with van der Waals surface area (Å²) in [5, 5.41) is 0.677. The summed E-state index contributed by atoms with van der Waals surface area (Å²) in [5.74, 6) is 0.589. The Morgan fingerprint density at radius 3 is 2.48 bits per heavy atom. The highest BCUT2D eigenvalue weighted by atomic mass is 35.5. The third kappa shape index (κ3) is 4.39. The van der Waals surface area contributed by atoms with Gasteiger partial charge in [-0.05, 0) is 48.4 Å². The molecule has 0 N–H and O–H groups in total. The van der Waals surface area contributed by atoms with E-state index in [1.807, 2.05) is 79.7 Å². The molecule has 29 heavy (non-hydrogen) atoms. The van der Waals surface area contributed by atoms with Crippen molar-refractivity contribution in [3.05, 3.63) is 106 Å². The Balaban J connectivity index is 1.48. The van der Waals surface area contributed by atoms with Crippen molar-refractivity contribution < 1.29 is 14.3 Å². The summed E-state index contributed by atoms with van der Waals surface area (Å²) in [5.41, 5.74) is 3.84. The first-order valence-corrected chi connectivity index (χ1v) is 9.53. The van der Waals surface area contributed by atoms with Crippen LogP contribution in [0.15, 0.2) is 83.5 Å². The third-order valence-corrected chi connectivity index (χ3v) is 4.90. The highest BCUT2D eigenvalue weighted by Gasteiger charge is 2.24. The number of ether oxygens (including phenoxy) is 2. The van der Waals surface area contributed by atoms with Crippen LogP contribution in [0, 0.1) is 6.92 Å². The molecule has 0 bridgehead atoms. The predicted octanol–water partition coefficient (Wildman–Crippen LogP) is 5.57. The van der Waals surface area contributed by atoms with Crippen LogP contribution < -0.4 is 4.74 Å². The molecule has 0 aliphatic carbocycles. The van der Waals surface area contributed by atoms with Crippen molar-refractivity contribution in [1.29, 1.82) is 0 Å². The molecule has 0 saturated carbocycles. The van der Waals surface area contributed by atoms with E-state index >= 15 is 0 Å². The molecule has 5 heteroatoms. The number of carbonyl (C=O) groups is 1. The second-order valence-corrected chi connectivity index (χ2v) is 7.01. The Morgan fingerprint density at radius 2 is 1.72 bits per heavy atom. The topological polar surface area (TPSA) is 47.9 Å². The summed E-state index contributed by atoms with van der Waals surface area (Å²) >= 11 is 6.15. The standard InChI is InChI=1S/C24H18ClNO3/c1-16-6-2-4-8-20(16)23-26-22(24(27)29-23)14-17-10-12-19(13-11-17)28-15-18-7-3-5-9-21(18)25/h2-14H,15H2,1H3. The van der Waals surface area contributed by atoms with Crippen LogP contribution in [0.4, 0.5) is 0 Å². The fraction of sp³-hybridized carbons (Fsp3) is 0.0833. The molecule has 0 aromatic heterocycles. The quantitative estimate of drug-likeness (QED) is 0.413. The Kier molecular flexibility index (Phi) is 5.45. The molecular formula is C24H18ClNO3. The van der Waals surface area contributed by atoms with Gasteiger partial charge in [-0.3, -0.25) is 0 Å². The van der Waals surface area contributed by atoms with Crippen molar-refractivity contribution in [2.24, 2.45) is 4.99 Å². The van der Waals surface area contributed by atoms with Gasteiger partial charge >= 0.3 is 5.97 Å². The van der Waals surface area contributed by atoms with E-state index in [0.717, 1.165) is 22.3 Å². The first-order valence-electron chi connectivity index (χ1n) is 9.15. The van der Waals surface area contributed by atoms with Crippen LogP contribution in [-0.2, 0) is 16.1 Å². The van der Waals surface area contributed by atoms with Crippen LogP contribution in [0.1, 0.15) is 22.3 Å². The van der Waals surface area contributed by atoms with Crippen LogP contribution in [0.25, 0.3) is 6.08 Å². The lowest BCUT2D eigenvalue weighted by Crippen LogP contribution is -2.06. The smallest absolute Gasteiger partial charge is 0.363 e. The molecule has 1 heterocycles. The van der Waals surface area contributed by atoms with Crippen molar-refractivity contribution in [2.75, 3.05) is 0 Å². The van der Waals surface area contributed by atoms with Gasteiger partial charge in [-0.2, -0.15) is 0 Å². The third-order valence-electron chi connectivity index (χ3n) is 4.53. The van der Waals surface area contributed by atoms with Gasteiger partial charge in [-0.25, -0.2) is 9.79 Å². The van der Waals surface area contributed by atoms with E-state index < -0.39 is 5.97 Å². The Bertz CT molecular complexity index is 1120. The molecular weight excluding hydrogens is 386 g/mol. The van der Waals surface area contributed by atoms with Crippen LogP contribution >= 0.6 is 11.6 Å². The van der Waals surface area contributed by atoms with Crippen LogP contribution in [0.2, 0.25) is 5.02 Å². The van der Waals surface area contributed by atoms with Crippen molar-refractivity contribution in [2.45, 2.75) is 13.5 Å². The van der Waals surface area contributed by atoms with Crippen molar-refractivity contribution in [3.8, 4) is 5.75 Å². The summed E-state index contributed by atoms with van der Waals surface area (Å²) in [7, 11) is 0. The number of hydrogen-bond acceptors (Lipinski definition) is 4. The summed E-state index contributed by atoms with van der Waals surface area (Å²) < 4.78 is 11.1. The van der Waals surface area contributed by atoms with Gasteiger partial charge in [0.1, 0.15) is 12.4 Å². The number of nitrogens with zero attached hydrogens (tertiary/aromatic N) is 1. The molecule has 0 fully saturated rings. The average molecular weight is 404 g/mol. The molecule has 144 valence electrons. The largest absolute Gasteiger partial charge is 0.489 e. The SMILES string of the molecule is Cc1ccccc1C1=NC(=Cc2ccc(OCc3ccccc3Cl)cc2)C(=O)O1. The monoisotopic (exact) mass is 403 g/mol. The second kappa shape index (κ2) is 8.33. The zero-order valence-corrected chi connectivity index (χ0v) is 16.5. The number of carbonyl (C=O) groups excluding carboxylic acids is 1. The number of cyclic esters (lactones) is 1. The van der Waals surface area contributed by atoms with E-state index in [1.54, 1.807) is 6.08 Å². The molecule has 0 atom stereocenters. The van der Waals surface area contributed by atoms with Gasteiger partial charge in [0, 0.05) is 16.1 Å². The zero-order valence-electron chi connectivity index (χ0n) is 15.8. The molecule has 0 radical (unpaired) electrons. The van der Waals surface area contributed by atoms with Gasteiger partial charge in [-0.15, -0.1) is 0 Å². The maximum absolute atomic E-state index is 12.2. The van der Waals surface area contributed by atoms with Gasteiger partial charge in [0.15, 0.2) is 5.70 Å². The molecule has 0 unspecified atom stereocenters. The van der Waals surface area contributed by atoms with E-state index in [-0.39, 0.29) is 5.70 Å². The number of aliphatic imine (C=N–C) groups is 1. The molecule has 4 nitrogen and oxygen atoms in total. The highest BCUT2D eigenvalue weighted by molar-refractivity contribution is 6.31. The molecule has 3 aromatic rings. The van der Waals surface area contributed by atoms with E-state index in [2.05, 4.69) is 4.99 Å². The van der Waals surface area contributed by atoms with Gasteiger partial charge in [0.25, 0.3) is 0 Å². The van der Waals surface area contributed by atoms with Crippen molar-refractivity contribution in [3.63, 3.8) is 0 Å². The van der Waals surface area contributed by atoms with Gasteiger partial charge in [-0.1, -0.05) is 60.1 Å². The number of hydrogen-bond donors (Lipinski definition) is 0. The Labute approximate surface area is 174 Å². The fourth-order valence-electron chi connectivity index (χ4n) is 2.93. The first kappa shape index (κ1) is 19.0. The molecule has 0 saturated heterocycles. The molecule has 4 rings (SSSR count). The highest BCUT2D eigenvalue weighted by Crippen LogP contribution is 2.23. The predicted molar refractivity (Wildman–Crippen MR) is 114 cm³/mol. The number of halogens is 1. The molecule has 1 aliphatic heterocycles. The Morgan fingerprint density at radius 1 is 1.00 bits per heavy atom. The normalized spacial score (nSPS) is 14.6. The van der Waals surface area contributed by atoms with Crippen LogP contribution in [-0.4, -0.2) is 11.9 Å². The van der Waals surface area contributed by atoms with E-state index in [4.69, 9.17) is 21.1 Å². The number of rotatable bonds is 5. The Hall–Kier alpha value is -3.37. The summed E-state index contributed by atoms with van der Waals surface area (Å²) in [4.78, 5) is 16.6. The first-order chi connectivity index (χ1) is 14.1. The minimum Gasteiger partial charge on any atom is -0.489 e. The van der Waals surface area contributed by atoms with Gasteiger partial charge < -0.3 is 9.47 Å². The van der Waals surface area contributed by atoms with Gasteiger partial charge in [0.05, 0.1) is 0 Å². The molecule has 1 aliphatic rings. The van der Waals surface area contributed by atoms with Crippen molar-refractivity contribution in [1.82, 2.24) is 0 Å².